The lowest BCUT2D eigenvalue weighted by atomic mass is 9.92. The monoisotopic (exact) mass is 751 g/mol. The molecule has 1 aliphatic rings. The maximum atomic E-state index is 14.6. The summed E-state index contributed by atoms with van der Waals surface area (Å²) in [5.74, 6) is -0.251. The maximum Gasteiger partial charge on any atom is 0.255 e. The molecule has 14 heteroatoms. The highest BCUT2D eigenvalue weighted by Gasteiger charge is 2.29. The number of aryl methyl sites for hydroxylation is 1. The molecule has 0 atom stereocenters. The zero-order chi connectivity index (χ0) is 38.1. The van der Waals surface area contributed by atoms with E-state index in [9.17, 15) is 26.8 Å². The topological polar surface area (TPSA) is 139 Å². The first-order valence-corrected chi connectivity index (χ1v) is 18.9. The van der Waals surface area contributed by atoms with Crippen molar-refractivity contribution in [2.75, 3.05) is 37.5 Å². The van der Waals surface area contributed by atoms with E-state index in [0.717, 1.165) is 23.0 Å². The van der Waals surface area contributed by atoms with E-state index in [2.05, 4.69) is 15.5 Å². The number of benzene rings is 4. The van der Waals surface area contributed by atoms with Gasteiger partial charge in [0.25, 0.3) is 11.8 Å². The molecule has 0 radical (unpaired) electrons. The molecule has 2 aromatic heterocycles. The van der Waals surface area contributed by atoms with Crippen LogP contribution in [0.5, 0.6) is 0 Å². The largest absolute Gasteiger partial charge is 0.455 e. The molecule has 0 aliphatic carbocycles. The first kappa shape index (κ1) is 36.2. The number of aromatic nitrogens is 2. The van der Waals surface area contributed by atoms with Gasteiger partial charge in [-0.1, -0.05) is 48.0 Å². The molecular formula is C40H35F2N5O6S. The van der Waals surface area contributed by atoms with E-state index in [1.165, 1.54) is 37.4 Å². The number of furan rings is 1. The Bertz CT molecular complexity index is 2520. The van der Waals surface area contributed by atoms with Crippen LogP contribution in [0.15, 0.2) is 105 Å². The van der Waals surface area contributed by atoms with Gasteiger partial charge < -0.3 is 19.1 Å². The van der Waals surface area contributed by atoms with E-state index < -0.39 is 28.5 Å². The maximum absolute atomic E-state index is 14.6. The number of hydrogen-bond acceptors (Lipinski definition) is 8. The van der Waals surface area contributed by atoms with Crippen molar-refractivity contribution in [3.8, 4) is 22.5 Å². The second-order valence-electron chi connectivity index (χ2n) is 12.8. The van der Waals surface area contributed by atoms with Gasteiger partial charge in [0.15, 0.2) is 6.80 Å². The van der Waals surface area contributed by atoms with Gasteiger partial charge in [0.05, 0.1) is 17.5 Å². The number of carbonyl (C=O) groups excluding carboxylic acids is 2. The first-order chi connectivity index (χ1) is 26.0. The minimum Gasteiger partial charge on any atom is -0.455 e. The van der Waals surface area contributed by atoms with Crippen molar-refractivity contribution in [1.29, 1.82) is 0 Å². The van der Waals surface area contributed by atoms with Crippen LogP contribution >= 0.6 is 0 Å². The van der Waals surface area contributed by atoms with Crippen molar-refractivity contribution in [3.05, 3.63) is 131 Å². The number of sulfonamides is 1. The van der Waals surface area contributed by atoms with Gasteiger partial charge in [-0.3, -0.25) is 9.59 Å². The average Bonchev–Trinajstić information content (AvgIpc) is 3.77. The lowest BCUT2D eigenvalue weighted by Crippen LogP contribution is -2.36. The summed E-state index contributed by atoms with van der Waals surface area (Å²) in [5, 5.41) is 11.2. The SMILES string of the molecule is CNC(=O)c1c(-c2ccc(F)cc2)oc2cc(N(CF)S(C)(=O)=O)c(-c3cccc(C(=O)N4CCC(=C(c5ccccc5)c5nnc(C)o5)CC4)c3)cc12. The summed E-state index contributed by atoms with van der Waals surface area (Å²) >= 11 is 0. The Labute approximate surface area is 310 Å². The van der Waals surface area contributed by atoms with Crippen LogP contribution in [-0.4, -0.2) is 68.5 Å². The molecule has 6 aromatic rings. The van der Waals surface area contributed by atoms with Crippen LogP contribution < -0.4 is 9.62 Å². The lowest BCUT2D eigenvalue weighted by Gasteiger charge is -2.30. The third-order valence-corrected chi connectivity index (χ3v) is 10.5. The van der Waals surface area contributed by atoms with Gasteiger partial charge in [0, 0.05) is 60.8 Å². The van der Waals surface area contributed by atoms with Crippen LogP contribution in [0, 0.1) is 12.7 Å². The number of amides is 2. The van der Waals surface area contributed by atoms with Crippen LogP contribution in [0.3, 0.4) is 0 Å². The third kappa shape index (κ3) is 6.99. The number of nitrogens with zero attached hydrogens (tertiary/aromatic N) is 4. The number of alkyl halides is 1. The fourth-order valence-corrected chi connectivity index (χ4v) is 7.46. The van der Waals surface area contributed by atoms with Crippen LogP contribution in [0.1, 0.15) is 50.9 Å². The predicted octanol–water partition coefficient (Wildman–Crippen LogP) is 7.39. The lowest BCUT2D eigenvalue weighted by molar-refractivity contribution is 0.0743. The fourth-order valence-electron chi connectivity index (χ4n) is 6.77. The Morgan fingerprint density at radius 1 is 0.889 bits per heavy atom. The first-order valence-electron chi connectivity index (χ1n) is 17.1. The Hall–Kier alpha value is -6.15. The molecule has 2 amide bonds. The highest BCUT2D eigenvalue weighted by Crippen LogP contribution is 2.42. The molecule has 7 rings (SSSR count). The zero-order valence-corrected chi connectivity index (χ0v) is 30.4. The average molecular weight is 752 g/mol. The number of anilines is 1. The van der Waals surface area contributed by atoms with E-state index in [-0.39, 0.29) is 34.1 Å². The second-order valence-corrected chi connectivity index (χ2v) is 14.7. The number of rotatable bonds is 9. The van der Waals surface area contributed by atoms with Crippen LogP contribution in [0.25, 0.3) is 39.0 Å². The van der Waals surface area contributed by atoms with Crippen LogP contribution in [0.4, 0.5) is 14.5 Å². The van der Waals surface area contributed by atoms with Gasteiger partial charge in [-0.15, -0.1) is 10.2 Å². The van der Waals surface area contributed by atoms with Crippen molar-refractivity contribution in [1.82, 2.24) is 20.4 Å². The molecular weight excluding hydrogens is 717 g/mol. The molecule has 1 saturated heterocycles. The van der Waals surface area contributed by atoms with Crippen LogP contribution in [0.2, 0.25) is 0 Å². The van der Waals surface area contributed by atoms with Crippen molar-refractivity contribution < 1.29 is 35.6 Å². The van der Waals surface area contributed by atoms with E-state index >= 15 is 0 Å². The number of piperidine rings is 1. The predicted molar refractivity (Wildman–Crippen MR) is 200 cm³/mol. The van der Waals surface area contributed by atoms with Gasteiger partial charge in [0.2, 0.25) is 21.8 Å². The summed E-state index contributed by atoms with van der Waals surface area (Å²) in [5.41, 5.74) is 4.41. The molecule has 276 valence electrons. The zero-order valence-electron chi connectivity index (χ0n) is 29.6. The smallest absolute Gasteiger partial charge is 0.255 e. The molecule has 1 aliphatic heterocycles. The number of hydrogen-bond donors (Lipinski definition) is 1. The molecule has 11 nitrogen and oxygen atoms in total. The number of fused-ring (bicyclic) bond motifs is 1. The molecule has 0 saturated carbocycles. The highest BCUT2D eigenvalue weighted by atomic mass is 32.2. The van der Waals surface area contributed by atoms with Crippen LogP contribution in [-0.2, 0) is 10.0 Å². The normalized spacial score (nSPS) is 13.3. The quantitative estimate of drug-likeness (QED) is 0.151. The minimum absolute atomic E-state index is 0.0579. The summed E-state index contributed by atoms with van der Waals surface area (Å²) in [6, 6.07) is 24.6. The molecule has 0 bridgehead atoms. The van der Waals surface area contributed by atoms with Gasteiger partial charge >= 0.3 is 0 Å². The Balaban J connectivity index is 1.28. The molecule has 3 heterocycles. The fraction of sp³-hybridized carbons (Fsp3) is 0.200. The highest BCUT2D eigenvalue weighted by molar-refractivity contribution is 7.92. The molecule has 4 aromatic carbocycles. The van der Waals surface area contributed by atoms with E-state index in [1.54, 1.807) is 42.2 Å². The van der Waals surface area contributed by atoms with Gasteiger partial charge in [0.1, 0.15) is 17.2 Å². The number of halogens is 2. The number of likely N-dealkylation sites (tertiary alicyclic amines) is 1. The van der Waals surface area contributed by atoms with E-state index in [1.807, 2.05) is 30.3 Å². The molecule has 1 N–H and O–H groups in total. The van der Waals surface area contributed by atoms with Crippen molar-refractivity contribution in [2.24, 2.45) is 0 Å². The van der Waals surface area contributed by atoms with Crippen molar-refractivity contribution in [3.63, 3.8) is 0 Å². The summed E-state index contributed by atoms with van der Waals surface area (Å²) in [6.45, 7) is 1.18. The number of carbonyl (C=O) groups is 2. The van der Waals surface area contributed by atoms with Gasteiger partial charge in [-0.2, -0.15) is 0 Å². The van der Waals surface area contributed by atoms with E-state index in [4.69, 9.17) is 8.83 Å². The van der Waals surface area contributed by atoms with Gasteiger partial charge in [-0.05, 0) is 66.4 Å². The van der Waals surface area contributed by atoms with Crippen molar-refractivity contribution >= 4 is 44.1 Å². The standard InChI is InChI=1S/C40H35F2N5O6S/c1-24-44-45-39(52-24)35(25-8-5-4-6-9-25)26-16-18-46(19-17-26)40(49)29-11-7-10-28(20-29)31-21-32-34(22-33(31)47(23-41)54(3,50)51)53-37(36(32)38(48)43-2)27-12-14-30(42)15-13-27/h4-15,20-22H,16-19,23H2,1-3H3,(H,43,48). The Kier molecular flexibility index (Phi) is 9.86. The van der Waals surface area contributed by atoms with Gasteiger partial charge in [-0.25, -0.2) is 21.5 Å². The summed E-state index contributed by atoms with van der Waals surface area (Å²) in [4.78, 5) is 29.1. The Morgan fingerprint density at radius 2 is 1.59 bits per heavy atom. The minimum atomic E-state index is -4.14. The molecule has 0 unspecified atom stereocenters. The second kappa shape index (κ2) is 14.7. The van der Waals surface area contributed by atoms with E-state index in [0.29, 0.717) is 64.1 Å². The summed E-state index contributed by atoms with van der Waals surface area (Å²) < 4.78 is 66.7. The Morgan fingerprint density at radius 3 is 2.22 bits per heavy atom. The number of nitrogens with one attached hydrogen (secondary N) is 1. The van der Waals surface area contributed by atoms with Crippen molar-refractivity contribution in [2.45, 2.75) is 19.8 Å². The third-order valence-electron chi connectivity index (χ3n) is 9.38. The molecule has 54 heavy (non-hydrogen) atoms. The molecule has 1 fully saturated rings. The summed E-state index contributed by atoms with van der Waals surface area (Å²) in [6.07, 6.45) is 2.01. The molecule has 0 spiro atoms. The summed E-state index contributed by atoms with van der Waals surface area (Å²) in [7, 11) is -2.70.